The molecule has 0 aromatic carbocycles. The maximum atomic E-state index is 6.18. The molecule has 2 fully saturated rings. The molecule has 2 heteroatoms. The van der Waals surface area contributed by atoms with E-state index in [-0.39, 0.29) is 0 Å². The summed E-state index contributed by atoms with van der Waals surface area (Å²) < 4.78 is 0. The minimum Gasteiger partial charge on any atom is -0.327 e. The standard InChI is InChI=1S/C18H36N2/c1-16-15-20(14-13-18(16)19)17-11-9-7-5-3-2-4-6-8-10-12-17/h16-18H,2-15,19H2,1H3. The van der Waals surface area contributed by atoms with Gasteiger partial charge in [0.25, 0.3) is 0 Å². The van der Waals surface area contributed by atoms with Gasteiger partial charge in [0, 0.05) is 18.6 Å². The van der Waals surface area contributed by atoms with E-state index in [9.17, 15) is 0 Å². The zero-order valence-electron chi connectivity index (χ0n) is 13.7. The number of nitrogens with two attached hydrogens (primary N) is 1. The van der Waals surface area contributed by atoms with Crippen LogP contribution in [0, 0.1) is 5.92 Å². The molecule has 0 amide bonds. The van der Waals surface area contributed by atoms with Crippen LogP contribution in [0.2, 0.25) is 0 Å². The molecule has 0 spiro atoms. The largest absolute Gasteiger partial charge is 0.327 e. The Bertz CT molecular complexity index is 242. The fourth-order valence-corrected chi connectivity index (χ4v) is 4.03. The quantitative estimate of drug-likeness (QED) is 0.774. The highest BCUT2D eigenvalue weighted by atomic mass is 15.2. The van der Waals surface area contributed by atoms with Gasteiger partial charge in [-0.25, -0.2) is 0 Å². The first kappa shape index (κ1) is 16.3. The normalized spacial score (nSPS) is 33.3. The summed E-state index contributed by atoms with van der Waals surface area (Å²) in [6, 6.07) is 1.29. The highest BCUT2D eigenvalue weighted by Gasteiger charge is 2.27. The summed E-state index contributed by atoms with van der Waals surface area (Å²) in [5.74, 6) is 0.685. The predicted molar refractivity (Wildman–Crippen MR) is 87.9 cm³/mol. The van der Waals surface area contributed by atoms with E-state index in [1.54, 1.807) is 0 Å². The molecule has 0 aromatic rings. The molecule has 0 bridgehead atoms. The summed E-state index contributed by atoms with van der Waals surface area (Å²) in [5.41, 5.74) is 6.18. The number of piperidine rings is 1. The lowest BCUT2D eigenvalue weighted by Gasteiger charge is -2.40. The van der Waals surface area contributed by atoms with Gasteiger partial charge in [0.1, 0.15) is 0 Å². The highest BCUT2D eigenvalue weighted by Crippen LogP contribution is 2.24. The van der Waals surface area contributed by atoms with Gasteiger partial charge < -0.3 is 10.6 Å². The van der Waals surface area contributed by atoms with Crippen LogP contribution in [0.5, 0.6) is 0 Å². The number of nitrogens with zero attached hydrogens (tertiary/aromatic N) is 1. The molecule has 2 aliphatic rings. The van der Waals surface area contributed by atoms with Crippen molar-refractivity contribution >= 4 is 0 Å². The first-order chi connectivity index (χ1) is 9.77. The van der Waals surface area contributed by atoms with Crippen LogP contribution in [0.3, 0.4) is 0 Å². The zero-order valence-corrected chi connectivity index (χ0v) is 13.7. The fraction of sp³-hybridized carbons (Fsp3) is 1.00. The van der Waals surface area contributed by atoms with Crippen molar-refractivity contribution in [1.29, 1.82) is 0 Å². The molecular weight excluding hydrogens is 244 g/mol. The van der Waals surface area contributed by atoms with E-state index in [1.807, 2.05) is 0 Å². The van der Waals surface area contributed by atoms with Gasteiger partial charge in [0.05, 0.1) is 0 Å². The van der Waals surface area contributed by atoms with Gasteiger partial charge in [-0.05, 0) is 31.7 Å². The average molecular weight is 280 g/mol. The Hall–Kier alpha value is -0.0800. The van der Waals surface area contributed by atoms with Crippen LogP contribution in [-0.2, 0) is 0 Å². The SMILES string of the molecule is CC1CN(C2CCCCCCCCCCC2)CCC1N. The molecule has 1 heterocycles. The molecule has 1 aliphatic carbocycles. The lowest BCUT2D eigenvalue weighted by molar-refractivity contribution is 0.101. The molecule has 0 aromatic heterocycles. The summed E-state index contributed by atoms with van der Waals surface area (Å²) in [6.07, 6.45) is 17.2. The predicted octanol–water partition coefficient (Wildman–Crippen LogP) is 4.33. The van der Waals surface area contributed by atoms with E-state index in [1.165, 1.54) is 90.1 Å². The van der Waals surface area contributed by atoms with E-state index in [4.69, 9.17) is 5.73 Å². The number of rotatable bonds is 1. The summed E-state index contributed by atoms with van der Waals surface area (Å²) in [5, 5.41) is 0. The van der Waals surface area contributed by atoms with Crippen molar-refractivity contribution < 1.29 is 0 Å². The third kappa shape index (κ3) is 5.37. The van der Waals surface area contributed by atoms with Gasteiger partial charge in [-0.15, -0.1) is 0 Å². The Labute approximate surface area is 126 Å². The van der Waals surface area contributed by atoms with Crippen LogP contribution in [0.4, 0.5) is 0 Å². The molecule has 1 saturated carbocycles. The van der Waals surface area contributed by atoms with Gasteiger partial charge in [-0.1, -0.05) is 64.7 Å². The topological polar surface area (TPSA) is 29.3 Å². The number of hydrogen-bond donors (Lipinski definition) is 1. The van der Waals surface area contributed by atoms with Crippen molar-refractivity contribution in [2.24, 2.45) is 11.7 Å². The summed E-state index contributed by atoms with van der Waals surface area (Å²) in [6.45, 7) is 4.83. The minimum absolute atomic E-state index is 0.442. The Kier molecular flexibility index (Phi) is 7.37. The molecule has 2 unspecified atom stereocenters. The van der Waals surface area contributed by atoms with E-state index in [2.05, 4.69) is 11.8 Å². The summed E-state index contributed by atoms with van der Waals surface area (Å²) in [7, 11) is 0. The molecule has 2 atom stereocenters. The monoisotopic (exact) mass is 280 g/mol. The van der Waals surface area contributed by atoms with Crippen LogP contribution in [0.15, 0.2) is 0 Å². The number of likely N-dealkylation sites (tertiary alicyclic amines) is 1. The summed E-state index contributed by atoms with van der Waals surface area (Å²) >= 11 is 0. The smallest absolute Gasteiger partial charge is 0.00953 e. The second kappa shape index (κ2) is 9.04. The molecule has 118 valence electrons. The van der Waals surface area contributed by atoms with Crippen molar-refractivity contribution in [2.75, 3.05) is 13.1 Å². The van der Waals surface area contributed by atoms with Gasteiger partial charge in [0.2, 0.25) is 0 Å². The van der Waals surface area contributed by atoms with Gasteiger partial charge >= 0.3 is 0 Å². The van der Waals surface area contributed by atoms with Gasteiger partial charge in [0.15, 0.2) is 0 Å². The third-order valence-electron chi connectivity index (χ3n) is 5.59. The lowest BCUT2D eigenvalue weighted by Crippen LogP contribution is -2.49. The molecule has 2 rings (SSSR count). The van der Waals surface area contributed by atoms with E-state index >= 15 is 0 Å². The van der Waals surface area contributed by atoms with Crippen LogP contribution < -0.4 is 5.73 Å². The lowest BCUT2D eigenvalue weighted by atomic mass is 9.90. The third-order valence-corrected chi connectivity index (χ3v) is 5.59. The van der Waals surface area contributed by atoms with Crippen molar-refractivity contribution in [2.45, 2.75) is 96.1 Å². The second-order valence-corrected chi connectivity index (χ2v) is 7.34. The number of hydrogen-bond acceptors (Lipinski definition) is 2. The van der Waals surface area contributed by atoms with Crippen molar-refractivity contribution in [1.82, 2.24) is 4.90 Å². The molecule has 1 aliphatic heterocycles. The average Bonchev–Trinajstić information content (AvgIpc) is 2.43. The molecule has 2 nitrogen and oxygen atoms in total. The van der Waals surface area contributed by atoms with Crippen LogP contribution in [-0.4, -0.2) is 30.1 Å². The maximum absolute atomic E-state index is 6.18. The summed E-state index contributed by atoms with van der Waals surface area (Å²) in [4.78, 5) is 2.78. The van der Waals surface area contributed by atoms with Crippen molar-refractivity contribution in [3.05, 3.63) is 0 Å². The molecule has 20 heavy (non-hydrogen) atoms. The first-order valence-corrected chi connectivity index (χ1v) is 9.27. The van der Waals surface area contributed by atoms with Crippen molar-refractivity contribution in [3.63, 3.8) is 0 Å². The van der Waals surface area contributed by atoms with Crippen LogP contribution in [0.25, 0.3) is 0 Å². The Morgan fingerprint density at radius 3 is 1.75 bits per heavy atom. The highest BCUT2D eigenvalue weighted by molar-refractivity contribution is 4.84. The minimum atomic E-state index is 0.442. The van der Waals surface area contributed by atoms with Crippen molar-refractivity contribution in [3.8, 4) is 0 Å². The Morgan fingerprint density at radius 2 is 1.25 bits per heavy atom. The van der Waals surface area contributed by atoms with Gasteiger partial charge in [-0.3, -0.25) is 0 Å². The Balaban J connectivity index is 1.82. The molecule has 0 radical (unpaired) electrons. The van der Waals surface area contributed by atoms with Crippen LogP contribution in [0.1, 0.15) is 84.0 Å². The Morgan fingerprint density at radius 1 is 0.750 bits per heavy atom. The first-order valence-electron chi connectivity index (χ1n) is 9.27. The van der Waals surface area contributed by atoms with E-state index in [0.717, 1.165) is 6.04 Å². The van der Waals surface area contributed by atoms with Gasteiger partial charge in [-0.2, -0.15) is 0 Å². The van der Waals surface area contributed by atoms with E-state index in [0.29, 0.717) is 12.0 Å². The maximum Gasteiger partial charge on any atom is 0.00953 e. The van der Waals surface area contributed by atoms with E-state index < -0.39 is 0 Å². The second-order valence-electron chi connectivity index (χ2n) is 7.34. The molecule has 2 N–H and O–H groups in total. The zero-order chi connectivity index (χ0) is 14.2. The molecular formula is C18H36N2. The fourth-order valence-electron chi connectivity index (χ4n) is 4.03. The molecule has 1 saturated heterocycles. The van der Waals surface area contributed by atoms with Crippen LogP contribution >= 0.6 is 0 Å².